The summed E-state index contributed by atoms with van der Waals surface area (Å²) in [6.45, 7) is 0. The molecule has 14 heavy (non-hydrogen) atoms. The van der Waals surface area contributed by atoms with Gasteiger partial charge in [-0.25, -0.2) is 0 Å². The van der Waals surface area contributed by atoms with Crippen molar-refractivity contribution >= 4 is 38.5 Å². The van der Waals surface area contributed by atoms with E-state index in [1.54, 1.807) is 34.7 Å². The summed E-state index contributed by atoms with van der Waals surface area (Å²) >= 11 is 5.01. The molecule has 1 rings (SSSR count). The maximum Gasteiger partial charge on any atom is 0.573 e. The minimum absolute atomic E-state index is 0.164. The van der Waals surface area contributed by atoms with Crippen LogP contribution in [-0.4, -0.2) is 6.36 Å². The normalized spacial score (nSPS) is 11.5. The molecule has 1 nitrogen and oxygen atoms in total. The van der Waals surface area contributed by atoms with Crippen molar-refractivity contribution in [2.45, 2.75) is 11.7 Å². The molecule has 1 aromatic carbocycles. The lowest BCUT2D eigenvalue weighted by Crippen LogP contribution is -2.17. The van der Waals surface area contributed by atoms with Gasteiger partial charge in [-0.3, -0.25) is 0 Å². The molecule has 0 saturated heterocycles. The molecule has 0 saturated carbocycles. The summed E-state index contributed by atoms with van der Waals surface area (Å²) in [5.41, 5.74) is 0.906. The second-order valence-electron chi connectivity index (χ2n) is 2.45. The Kier molecular flexibility index (Phi) is 4.05. The standard InChI is InChI=1S/C8H5BrF3IO/c9-4-5-1-2-7(6(13)3-5)14-8(10,11)12/h1-3H,4H2. The van der Waals surface area contributed by atoms with Crippen LogP contribution in [0.4, 0.5) is 13.2 Å². The van der Waals surface area contributed by atoms with Gasteiger partial charge in [-0.1, -0.05) is 22.0 Å². The van der Waals surface area contributed by atoms with Gasteiger partial charge in [-0.15, -0.1) is 13.2 Å². The summed E-state index contributed by atoms with van der Waals surface area (Å²) in [6, 6.07) is 4.53. The van der Waals surface area contributed by atoms with Crippen LogP contribution in [-0.2, 0) is 5.33 Å². The number of ether oxygens (including phenoxy) is 1. The van der Waals surface area contributed by atoms with E-state index in [1.807, 2.05) is 0 Å². The van der Waals surface area contributed by atoms with Gasteiger partial charge in [0.1, 0.15) is 5.75 Å². The van der Waals surface area contributed by atoms with Crippen LogP contribution in [0.25, 0.3) is 0 Å². The molecule has 0 bridgehead atoms. The SMILES string of the molecule is FC(F)(F)Oc1ccc(CBr)cc1I. The largest absolute Gasteiger partial charge is 0.573 e. The molecular formula is C8H5BrF3IO. The lowest BCUT2D eigenvalue weighted by molar-refractivity contribution is -0.274. The zero-order chi connectivity index (χ0) is 10.8. The van der Waals surface area contributed by atoms with Gasteiger partial charge in [0.15, 0.2) is 0 Å². The number of benzene rings is 1. The molecule has 0 amide bonds. The van der Waals surface area contributed by atoms with E-state index in [0.29, 0.717) is 8.90 Å². The van der Waals surface area contributed by atoms with Crippen LogP contribution in [0.5, 0.6) is 5.75 Å². The van der Waals surface area contributed by atoms with Crippen molar-refractivity contribution in [2.24, 2.45) is 0 Å². The summed E-state index contributed by atoms with van der Waals surface area (Å²) < 4.78 is 39.9. The van der Waals surface area contributed by atoms with Crippen molar-refractivity contribution in [1.82, 2.24) is 0 Å². The van der Waals surface area contributed by atoms with Crippen LogP contribution in [0.1, 0.15) is 5.56 Å². The second kappa shape index (κ2) is 4.69. The Labute approximate surface area is 101 Å². The molecule has 1 aromatic rings. The highest BCUT2D eigenvalue weighted by molar-refractivity contribution is 14.1. The fourth-order valence-corrected chi connectivity index (χ4v) is 1.87. The number of alkyl halides is 4. The topological polar surface area (TPSA) is 9.23 Å². The molecule has 0 aromatic heterocycles. The zero-order valence-electron chi connectivity index (χ0n) is 6.74. The van der Waals surface area contributed by atoms with Gasteiger partial charge in [0.05, 0.1) is 3.57 Å². The second-order valence-corrected chi connectivity index (χ2v) is 4.17. The summed E-state index contributed by atoms with van der Waals surface area (Å²) in [6.07, 6.45) is -4.63. The molecule has 0 atom stereocenters. The first kappa shape index (κ1) is 12.1. The molecule has 6 heteroatoms. The first-order chi connectivity index (χ1) is 6.42. The highest BCUT2D eigenvalue weighted by Gasteiger charge is 2.31. The van der Waals surface area contributed by atoms with Crippen LogP contribution >= 0.6 is 38.5 Å². The Morgan fingerprint density at radius 1 is 1.36 bits per heavy atom. The molecule has 0 N–H and O–H groups in total. The monoisotopic (exact) mass is 380 g/mol. The van der Waals surface area contributed by atoms with E-state index in [1.165, 1.54) is 6.07 Å². The zero-order valence-corrected chi connectivity index (χ0v) is 10.5. The predicted molar refractivity (Wildman–Crippen MR) is 58.5 cm³/mol. The smallest absolute Gasteiger partial charge is 0.405 e. The average molecular weight is 381 g/mol. The molecule has 0 heterocycles. The Morgan fingerprint density at radius 3 is 2.43 bits per heavy atom. The van der Waals surface area contributed by atoms with Crippen molar-refractivity contribution < 1.29 is 17.9 Å². The third kappa shape index (κ3) is 3.64. The highest BCUT2D eigenvalue weighted by Crippen LogP contribution is 2.28. The molecule has 0 radical (unpaired) electrons. The van der Waals surface area contributed by atoms with Crippen LogP contribution in [0.3, 0.4) is 0 Å². The van der Waals surface area contributed by atoms with E-state index in [0.717, 1.165) is 5.56 Å². The van der Waals surface area contributed by atoms with Gasteiger partial charge in [-0.05, 0) is 40.3 Å². The van der Waals surface area contributed by atoms with Crippen molar-refractivity contribution in [3.8, 4) is 5.75 Å². The van der Waals surface area contributed by atoms with E-state index >= 15 is 0 Å². The van der Waals surface area contributed by atoms with E-state index in [2.05, 4.69) is 20.7 Å². The summed E-state index contributed by atoms with van der Waals surface area (Å²) in [4.78, 5) is 0. The average Bonchev–Trinajstić information content (AvgIpc) is 2.06. The number of hydrogen-bond acceptors (Lipinski definition) is 1. The van der Waals surface area contributed by atoms with Gasteiger partial charge in [0.2, 0.25) is 0 Å². The van der Waals surface area contributed by atoms with Crippen LogP contribution in [0, 0.1) is 3.57 Å². The minimum Gasteiger partial charge on any atom is -0.405 e. The number of halogens is 5. The van der Waals surface area contributed by atoms with Crippen molar-refractivity contribution in [3.63, 3.8) is 0 Å². The minimum atomic E-state index is -4.63. The Hall–Kier alpha value is 0.0200. The molecule has 0 aliphatic carbocycles. The molecule has 0 unspecified atom stereocenters. The van der Waals surface area contributed by atoms with Crippen molar-refractivity contribution in [1.29, 1.82) is 0 Å². The lowest BCUT2D eigenvalue weighted by atomic mass is 10.2. The maximum absolute atomic E-state index is 11.9. The summed E-state index contributed by atoms with van der Waals surface area (Å²) in [5, 5.41) is 0.606. The fourth-order valence-electron chi connectivity index (χ4n) is 0.835. The van der Waals surface area contributed by atoms with Crippen molar-refractivity contribution in [2.75, 3.05) is 0 Å². The molecular weight excluding hydrogens is 376 g/mol. The van der Waals surface area contributed by atoms with E-state index in [4.69, 9.17) is 0 Å². The van der Waals surface area contributed by atoms with Crippen LogP contribution in [0.15, 0.2) is 18.2 Å². The third-order valence-electron chi connectivity index (χ3n) is 1.38. The first-order valence-corrected chi connectivity index (χ1v) is 5.72. The first-order valence-electron chi connectivity index (χ1n) is 3.52. The molecule has 0 aliphatic rings. The van der Waals surface area contributed by atoms with Gasteiger partial charge in [0.25, 0.3) is 0 Å². The summed E-state index contributed by atoms with van der Waals surface area (Å²) in [7, 11) is 0. The molecule has 0 spiro atoms. The van der Waals surface area contributed by atoms with Crippen LogP contribution < -0.4 is 4.74 Å². The Morgan fingerprint density at radius 2 is 2.00 bits per heavy atom. The molecule has 78 valence electrons. The van der Waals surface area contributed by atoms with E-state index in [-0.39, 0.29) is 5.75 Å². The Bertz CT molecular complexity index is 327. The number of hydrogen-bond donors (Lipinski definition) is 0. The van der Waals surface area contributed by atoms with Crippen molar-refractivity contribution in [3.05, 3.63) is 27.3 Å². The number of rotatable bonds is 2. The van der Waals surface area contributed by atoms with Gasteiger partial charge in [0, 0.05) is 5.33 Å². The quantitative estimate of drug-likeness (QED) is 0.554. The van der Waals surface area contributed by atoms with Gasteiger partial charge < -0.3 is 4.74 Å². The third-order valence-corrected chi connectivity index (χ3v) is 2.87. The summed E-state index contributed by atoms with van der Waals surface area (Å²) in [5.74, 6) is -0.164. The van der Waals surface area contributed by atoms with Gasteiger partial charge in [-0.2, -0.15) is 0 Å². The van der Waals surface area contributed by atoms with E-state index in [9.17, 15) is 13.2 Å². The Balaban J connectivity index is 2.89. The van der Waals surface area contributed by atoms with Crippen LogP contribution in [0.2, 0.25) is 0 Å². The van der Waals surface area contributed by atoms with E-state index < -0.39 is 6.36 Å². The fraction of sp³-hybridized carbons (Fsp3) is 0.250. The molecule has 0 fully saturated rings. The van der Waals surface area contributed by atoms with Gasteiger partial charge >= 0.3 is 6.36 Å². The lowest BCUT2D eigenvalue weighted by Gasteiger charge is -2.10. The maximum atomic E-state index is 11.9. The highest BCUT2D eigenvalue weighted by atomic mass is 127. The predicted octanol–water partition coefficient (Wildman–Crippen LogP) is 4.08. The molecule has 0 aliphatic heterocycles.